The summed E-state index contributed by atoms with van der Waals surface area (Å²) in [7, 11) is 1.59. The fraction of sp³-hybridized carbons (Fsp3) is 0.389. The number of methoxy groups -OCH3 is 1. The van der Waals surface area contributed by atoms with Gasteiger partial charge in [0.05, 0.1) is 7.11 Å². The molecule has 0 saturated carbocycles. The van der Waals surface area contributed by atoms with Crippen molar-refractivity contribution < 1.29 is 14.3 Å². The number of carbonyl (C=O) groups excluding carboxylic acids is 2. The molecule has 1 aliphatic heterocycles. The number of rotatable bonds is 4. The molecule has 1 aliphatic rings. The van der Waals surface area contributed by atoms with Crippen molar-refractivity contribution >= 4 is 11.8 Å². The normalized spacial score (nSPS) is 15.8. The molecular weight excluding hydrogens is 320 g/mol. The fourth-order valence-corrected chi connectivity index (χ4v) is 2.93. The Bertz CT molecular complexity index is 719. The van der Waals surface area contributed by atoms with Gasteiger partial charge in [-0.25, -0.2) is 0 Å². The van der Waals surface area contributed by atoms with E-state index in [1.54, 1.807) is 64.3 Å². The first kappa shape index (κ1) is 17.0. The maximum absolute atomic E-state index is 12.6. The summed E-state index contributed by atoms with van der Waals surface area (Å²) < 4.78 is 6.76. The predicted molar refractivity (Wildman–Crippen MR) is 92.4 cm³/mol. The first-order valence-electron chi connectivity index (χ1n) is 8.31. The molecule has 0 bridgehead atoms. The fourth-order valence-electron chi connectivity index (χ4n) is 2.93. The van der Waals surface area contributed by atoms with Gasteiger partial charge in [-0.2, -0.15) is 5.10 Å². The summed E-state index contributed by atoms with van der Waals surface area (Å²) in [5, 5.41) is 4.12. The molecule has 7 heteroatoms. The van der Waals surface area contributed by atoms with Crippen LogP contribution in [0, 0.1) is 0 Å². The van der Waals surface area contributed by atoms with Crippen molar-refractivity contribution in [1.29, 1.82) is 0 Å². The monoisotopic (exact) mass is 342 g/mol. The Labute approximate surface area is 146 Å². The minimum atomic E-state index is -0.334. The van der Waals surface area contributed by atoms with Gasteiger partial charge in [-0.05, 0) is 37.3 Å². The highest BCUT2D eigenvalue weighted by Crippen LogP contribution is 2.16. The second-order valence-electron chi connectivity index (χ2n) is 6.01. The van der Waals surface area contributed by atoms with Gasteiger partial charge in [0.2, 0.25) is 5.91 Å². The second-order valence-corrected chi connectivity index (χ2v) is 6.01. The number of ether oxygens (including phenoxy) is 1. The Morgan fingerprint density at radius 3 is 2.28 bits per heavy atom. The largest absolute Gasteiger partial charge is 0.497 e. The summed E-state index contributed by atoms with van der Waals surface area (Å²) in [4.78, 5) is 28.7. The van der Waals surface area contributed by atoms with Crippen LogP contribution in [0.5, 0.6) is 5.75 Å². The van der Waals surface area contributed by atoms with Crippen molar-refractivity contribution in [3.8, 4) is 5.75 Å². The molecule has 132 valence electrons. The molecular formula is C18H22N4O3. The first-order chi connectivity index (χ1) is 12.1. The minimum absolute atomic E-state index is 0.0186. The summed E-state index contributed by atoms with van der Waals surface area (Å²) >= 11 is 0. The van der Waals surface area contributed by atoms with Gasteiger partial charge in [0.25, 0.3) is 5.91 Å². The van der Waals surface area contributed by atoms with Crippen molar-refractivity contribution in [3.05, 3.63) is 48.3 Å². The van der Waals surface area contributed by atoms with E-state index in [1.165, 1.54) is 0 Å². The first-order valence-corrected chi connectivity index (χ1v) is 8.31. The third kappa shape index (κ3) is 3.65. The van der Waals surface area contributed by atoms with E-state index < -0.39 is 0 Å². The maximum atomic E-state index is 12.6. The minimum Gasteiger partial charge on any atom is -0.497 e. The SMILES string of the molecule is COc1ccc(C(=O)N2CCN(C(=O)[C@@H](C)n3cccn3)CC2)cc1. The number of hydrogen-bond acceptors (Lipinski definition) is 4. The van der Waals surface area contributed by atoms with Crippen LogP contribution in [0.25, 0.3) is 0 Å². The van der Waals surface area contributed by atoms with Crippen LogP contribution < -0.4 is 4.74 Å². The Kier molecular flexibility index (Phi) is 5.02. The number of piperazine rings is 1. The molecule has 1 aromatic heterocycles. The highest BCUT2D eigenvalue weighted by atomic mass is 16.5. The van der Waals surface area contributed by atoms with Gasteiger partial charge in [-0.3, -0.25) is 14.3 Å². The third-order valence-electron chi connectivity index (χ3n) is 4.49. The van der Waals surface area contributed by atoms with Crippen molar-refractivity contribution in [2.75, 3.05) is 33.3 Å². The van der Waals surface area contributed by atoms with Gasteiger partial charge < -0.3 is 14.5 Å². The number of benzene rings is 1. The molecule has 1 fully saturated rings. The summed E-state index contributed by atoms with van der Waals surface area (Å²) in [6.45, 7) is 3.97. The van der Waals surface area contributed by atoms with E-state index in [2.05, 4.69) is 5.10 Å². The molecule has 0 spiro atoms. The van der Waals surface area contributed by atoms with Crippen LogP contribution in [0.2, 0.25) is 0 Å². The molecule has 7 nitrogen and oxygen atoms in total. The van der Waals surface area contributed by atoms with Crippen LogP contribution in [-0.2, 0) is 4.79 Å². The predicted octanol–water partition coefficient (Wildman–Crippen LogP) is 1.44. The van der Waals surface area contributed by atoms with Gasteiger partial charge in [-0.15, -0.1) is 0 Å². The van der Waals surface area contributed by atoms with Crippen molar-refractivity contribution in [2.24, 2.45) is 0 Å². The number of hydrogen-bond donors (Lipinski definition) is 0. The van der Waals surface area contributed by atoms with Gasteiger partial charge in [0, 0.05) is 44.1 Å². The van der Waals surface area contributed by atoms with E-state index in [4.69, 9.17) is 4.74 Å². The molecule has 25 heavy (non-hydrogen) atoms. The average Bonchev–Trinajstić information content (AvgIpc) is 3.21. The standard InChI is InChI=1S/C18H22N4O3/c1-14(22-9-3-8-19-22)17(23)20-10-12-21(13-11-20)18(24)15-4-6-16(25-2)7-5-15/h3-9,14H,10-13H2,1-2H3/t14-/m1/s1. The van der Waals surface area contributed by atoms with Crippen molar-refractivity contribution in [1.82, 2.24) is 19.6 Å². The summed E-state index contributed by atoms with van der Waals surface area (Å²) in [5.74, 6) is 0.731. The molecule has 2 heterocycles. The Balaban J connectivity index is 1.57. The molecule has 1 aromatic carbocycles. The summed E-state index contributed by atoms with van der Waals surface area (Å²) in [6, 6.07) is 8.54. The van der Waals surface area contributed by atoms with Gasteiger partial charge in [0.1, 0.15) is 11.8 Å². The van der Waals surface area contributed by atoms with Gasteiger partial charge in [0.15, 0.2) is 0 Å². The molecule has 1 atom stereocenters. The van der Waals surface area contributed by atoms with Crippen LogP contribution in [0.4, 0.5) is 0 Å². The van der Waals surface area contributed by atoms with Crippen LogP contribution in [0.15, 0.2) is 42.7 Å². The molecule has 0 N–H and O–H groups in total. The molecule has 1 saturated heterocycles. The zero-order valence-electron chi connectivity index (χ0n) is 14.5. The lowest BCUT2D eigenvalue weighted by Gasteiger charge is -2.36. The number of aromatic nitrogens is 2. The van der Waals surface area contributed by atoms with Crippen LogP contribution in [0.3, 0.4) is 0 Å². The average molecular weight is 342 g/mol. The number of nitrogens with zero attached hydrogens (tertiary/aromatic N) is 4. The van der Waals surface area contributed by atoms with Crippen LogP contribution in [0.1, 0.15) is 23.3 Å². The van der Waals surface area contributed by atoms with Crippen LogP contribution >= 0.6 is 0 Å². The van der Waals surface area contributed by atoms with E-state index in [0.717, 1.165) is 5.75 Å². The highest BCUT2D eigenvalue weighted by molar-refractivity contribution is 5.94. The van der Waals surface area contributed by atoms with Crippen molar-refractivity contribution in [2.45, 2.75) is 13.0 Å². The zero-order chi connectivity index (χ0) is 17.8. The third-order valence-corrected chi connectivity index (χ3v) is 4.49. The summed E-state index contributed by atoms with van der Waals surface area (Å²) in [6.07, 6.45) is 3.45. The smallest absolute Gasteiger partial charge is 0.253 e. The Morgan fingerprint density at radius 2 is 1.72 bits per heavy atom. The lowest BCUT2D eigenvalue weighted by Crippen LogP contribution is -2.51. The number of carbonyl (C=O) groups is 2. The molecule has 0 radical (unpaired) electrons. The lowest BCUT2D eigenvalue weighted by atomic mass is 10.1. The number of amides is 2. The van der Waals surface area contributed by atoms with E-state index in [9.17, 15) is 9.59 Å². The Morgan fingerprint density at radius 1 is 1.08 bits per heavy atom. The van der Waals surface area contributed by atoms with E-state index in [1.807, 2.05) is 6.92 Å². The lowest BCUT2D eigenvalue weighted by molar-refractivity contribution is -0.136. The Hall–Kier alpha value is -2.83. The van der Waals surface area contributed by atoms with Crippen LogP contribution in [-0.4, -0.2) is 64.7 Å². The van der Waals surface area contributed by atoms with Crippen molar-refractivity contribution in [3.63, 3.8) is 0 Å². The highest BCUT2D eigenvalue weighted by Gasteiger charge is 2.28. The van der Waals surface area contributed by atoms with Gasteiger partial charge in [-0.1, -0.05) is 0 Å². The molecule has 0 unspecified atom stereocenters. The zero-order valence-corrected chi connectivity index (χ0v) is 14.5. The second kappa shape index (κ2) is 7.38. The van der Waals surface area contributed by atoms with E-state index >= 15 is 0 Å². The van der Waals surface area contributed by atoms with E-state index in [-0.39, 0.29) is 17.9 Å². The quantitative estimate of drug-likeness (QED) is 0.843. The molecule has 3 rings (SSSR count). The molecule has 0 aliphatic carbocycles. The molecule has 2 amide bonds. The topological polar surface area (TPSA) is 67.7 Å². The molecule has 2 aromatic rings. The summed E-state index contributed by atoms with van der Waals surface area (Å²) in [5.41, 5.74) is 0.630. The van der Waals surface area contributed by atoms with Gasteiger partial charge >= 0.3 is 0 Å². The van der Waals surface area contributed by atoms with E-state index in [0.29, 0.717) is 31.7 Å². The maximum Gasteiger partial charge on any atom is 0.253 e.